The molecule has 1 N–H and O–H groups in total. The average Bonchev–Trinajstić information content (AvgIpc) is 3.71. The van der Waals surface area contributed by atoms with E-state index in [1.54, 1.807) is 0 Å². The first kappa shape index (κ1) is 42.6. The molecular formula is C31H58O9S2. The van der Waals surface area contributed by atoms with Crippen LogP contribution in [0.5, 0.6) is 0 Å². The predicted molar refractivity (Wildman–Crippen MR) is 171 cm³/mol. The molecule has 4 aliphatic rings. The molecule has 0 saturated carbocycles. The molecule has 11 heteroatoms. The topological polar surface area (TPSA) is 133 Å². The lowest BCUT2D eigenvalue weighted by molar-refractivity contribution is -0.293. The highest BCUT2D eigenvalue weighted by molar-refractivity contribution is 7.91. The minimum absolute atomic E-state index is 0.0417. The van der Waals surface area contributed by atoms with Crippen molar-refractivity contribution in [2.75, 3.05) is 43.3 Å². The van der Waals surface area contributed by atoms with Gasteiger partial charge < -0.3 is 19.3 Å². The van der Waals surface area contributed by atoms with Gasteiger partial charge in [0.15, 0.2) is 5.79 Å². The Kier molecular flexibility index (Phi) is 23.3. The number of carbonyl (C=O) groups is 1. The van der Waals surface area contributed by atoms with E-state index in [2.05, 4.69) is 23.8 Å². The number of ether oxygens (including phenoxy) is 3. The van der Waals surface area contributed by atoms with E-state index in [0.717, 1.165) is 45.8 Å². The largest absolute Gasteiger partial charge is 0.465 e. The van der Waals surface area contributed by atoms with Gasteiger partial charge in [0.1, 0.15) is 19.7 Å². The van der Waals surface area contributed by atoms with E-state index in [0.29, 0.717) is 35.5 Å². The van der Waals surface area contributed by atoms with Crippen molar-refractivity contribution in [2.24, 2.45) is 11.8 Å². The van der Waals surface area contributed by atoms with E-state index in [-0.39, 0.29) is 18.0 Å². The molecule has 4 fully saturated rings. The van der Waals surface area contributed by atoms with Gasteiger partial charge in [-0.3, -0.25) is 4.79 Å². The molecule has 0 spiro atoms. The minimum atomic E-state index is -2.55. The van der Waals surface area contributed by atoms with Crippen LogP contribution in [0.2, 0.25) is 0 Å². The van der Waals surface area contributed by atoms with Crippen molar-refractivity contribution in [3.63, 3.8) is 0 Å². The molecule has 0 amide bonds. The number of sulfone groups is 2. The fourth-order valence-electron chi connectivity index (χ4n) is 4.00. The van der Waals surface area contributed by atoms with Gasteiger partial charge in [-0.05, 0) is 51.5 Å². The summed E-state index contributed by atoms with van der Waals surface area (Å²) in [5.74, 6) is 1.74. The van der Waals surface area contributed by atoms with Crippen LogP contribution in [0.4, 0.5) is 0 Å². The number of hydrogen-bond acceptors (Lipinski definition) is 9. The quantitative estimate of drug-likeness (QED) is 0.381. The van der Waals surface area contributed by atoms with Crippen LogP contribution in [0.3, 0.4) is 0 Å². The highest BCUT2D eigenvalue weighted by atomic mass is 32.2. The van der Waals surface area contributed by atoms with Crippen molar-refractivity contribution in [1.29, 1.82) is 0 Å². The molecule has 4 aliphatic heterocycles. The van der Waals surface area contributed by atoms with E-state index in [1.165, 1.54) is 5.56 Å². The van der Waals surface area contributed by atoms with Gasteiger partial charge in [0.25, 0.3) is 0 Å². The molecule has 1 aromatic carbocycles. The van der Waals surface area contributed by atoms with Crippen LogP contribution in [-0.2, 0) is 38.7 Å². The maximum atomic E-state index is 10.4. The van der Waals surface area contributed by atoms with Crippen LogP contribution in [0.25, 0.3) is 0 Å². The monoisotopic (exact) mass is 638 g/mol. The van der Waals surface area contributed by atoms with E-state index in [9.17, 15) is 21.6 Å². The zero-order valence-corrected chi connectivity index (χ0v) is 29.1. The van der Waals surface area contributed by atoms with Gasteiger partial charge in [0.2, 0.25) is 0 Å². The van der Waals surface area contributed by atoms with Crippen molar-refractivity contribution < 1.29 is 40.9 Å². The van der Waals surface area contributed by atoms with Gasteiger partial charge in [-0.2, -0.15) is 0 Å². The Balaban J connectivity index is 0. The molecule has 3 unspecified atom stereocenters. The number of rotatable bonds is 1. The molecular weight excluding hydrogens is 580 g/mol. The van der Waals surface area contributed by atoms with Gasteiger partial charge in [-0.1, -0.05) is 71.9 Å². The van der Waals surface area contributed by atoms with Crippen molar-refractivity contribution in [3.8, 4) is 0 Å². The maximum absolute atomic E-state index is 10.4. The second-order valence-corrected chi connectivity index (χ2v) is 14.8. The Morgan fingerprint density at radius 3 is 1.50 bits per heavy atom. The van der Waals surface area contributed by atoms with Crippen molar-refractivity contribution in [3.05, 3.63) is 35.9 Å². The maximum Gasteiger partial charge on any atom is 0.308 e. The van der Waals surface area contributed by atoms with Gasteiger partial charge in [0.05, 0.1) is 48.2 Å². The molecule has 5 rings (SSSR count). The molecule has 0 bridgehead atoms. The van der Waals surface area contributed by atoms with Crippen molar-refractivity contribution in [1.82, 2.24) is 0 Å². The molecule has 0 aromatic heterocycles. The molecule has 4 saturated heterocycles. The van der Waals surface area contributed by atoms with Crippen molar-refractivity contribution in [2.45, 2.75) is 99.4 Å². The number of cyclic esters (lactones) is 1. The first-order chi connectivity index (χ1) is 19.8. The number of aliphatic hydroxyl groups is 1. The summed E-state index contributed by atoms with van der Waals surface area (Å²) in [6.45, 7) is 17.4. The molecule has 9 nitrogen and oxygen atoms in total. The Bertz CT molecular complexity index is 962. The molecule has 248 valence electrons. The zero-order valence-electron chi connectivity index (χ0n) is 27.4. The van der Waals surface area contributed by atoms with Crippen LogP contribution >= 0.6 is 0 Å². The molecule has 1 aromatic rings. The Labute approximate surface area is 256 Å². The Morgan fingerprint density at radius 1 is 0.786 bits per heavy atom. The van der Waals surface area contributed by atoms with E-state index >= 15 is 0 Å². The van der Waals surface area contributed by atoms with Crippen LogP contribution in [-0.4, -0.2) is 77.0 Å². The Morgan fingerprint density at radius 2 is 1.21 bits per heavy atom. The average molecular weight is 639 g/mol. The van der Waals surface area contributed by atoms with E-state index < -0.39 is 25.5 Å². The second-order valence-electron chi connectivity index (χ2n) is 10.2. The molecule has 0 radical (unpaired) electrons. The summed E-state index contributed by atoms with van der Waals surface area (Å²) in [7, 11) is -4.09. The summed E-state index contributed by atoms with van der Waals surface area (Å²) >= 11 is 0. The standard InChI is InChI=1S/C13H18O2.C5H8O2.2C4H8O2S.2C2H6.CH4O/c1-10-9-14-13(2,3)15-12(10)11-7-5-4-6-8-11;1-4-2-3-7-5(4)6;2*5-7(6)3-1-2-4-7;3*1-2/h4-8,10,12H,9H2,1-3H3;4H,2-3H2,1H3;2*1-4H2;2*1-2H3;2H,1H3. The molecule has 42 heavy (non-hydrogen) atoms. The summed E-state index contributed by atoms with van der Waals surface area (Å²) in [5.41, 5.74) is 1.24. The van der Waals surface area contributed by atoms with Crippen LogP contribution in [0, 0.1) is 11.8 Å². The number of benzene rings is 1. The number of carbonyl (C=O) groups excluding carboxylic acids is 1. The highest BCUT2D eigenvalue weighted by Gasteiger charge is 2.34. The Hall–Kier alpha value is -1.53. The first-order valence-corrected chi connectivity index (χ1v) is 18.8. The number of hydrogen-bond donors (Lipinski definition) is 1. The fraction of sp³-hybridized carbons (Fsp3) is 0.774. The van der Waals surface area contributed by atoms with Crippen LogP contribution in [0.1, 0.15) is 99.2 Å². The summed E-state index contributed by atoms with van der Waals surface area (Å²) in [5, 5.41) is 7.00. The normalized spacial score (nSPS) is 25.6. The van der Waals surface area contributed by atoms with Gasteiger partial charge >= 0.3 is 5.97 Å². The summed E-state index contributed by atoms with van der Waals surface area (Å²) in [6, 6.07) is 10.4. The number of aliphatic hydroxyl groups excluding tert-OH is 1. The molecule has 3 atom stereocenters. The lowest BCUT2D eigenvalue weighted by Crippen LogP contribution is -2.40. The lowest BCUT2D eigenvalue weighted by atomic mass is 9.96. The smallest absolute Gasteiger partial charge is 0.308 e. The van der Waals surface area contributed by atoms with Crippen LogP contribution < -0.4 is 0 Å². The third-order valence-corrected chi connectivity index (χ3v) is 9.91. The third-order valence-electron chi connectivity index (χ3n) is 6.27. The summed E-state index contributed by atoms with van der Waals surface area (Å²) in [4.78, 5) is 10.4. The van der Waals surface area contributed by atoms with Gasteiger partial charge in [-0.25, -0.2) is 16.8 Å². The first-order valence-electron chi connectivity index (χ1n) is 15.2. The predicted octanol–water partition coefficient (Wildman–Crippen LogP) is 5.77. The minimum Gasteiger partial charge on any atom is -0.465 e. The fourth-order valence-corrected chi connectivity index (χ4v) is 6.99. The third kappa shape index (κ3) is 18.9. The second kappa shape index (κ2) is 22.9. The van der Waals surface area contributed by atoms with Crippen LogP contribution in [0.15, 0.2) is 30.3 Å². The van der Waals surface area contributed by atoms with Crippen molar-refractivity contribution >= 4 is 25.6 Å². The van der Waals surface area contributed by atoms with E-state index in [1.807, 2.05) is 66.7 Å². The highest BCUT2D eigenvalue weighted by Crippen LogP contribution is 2.36. The molecule has 0 aliphatic carbocycles. The van der Waals surface area contributed by atoms with Gasteiger partial charge in [-0.15, -0.1) is 0 Å². The van der Waals surface area contributed by atoms with E-state index in [4.69, 9.17) is 14.6 Å². The summed E-state index contributed by atoms with van der Waals surface area (Å²) < 4.78 is 57.9. The lowest BCUT2D eigenvalue weighted by Gasteiger charge is -2.40. The number of esters is 1. The summed E-state index contributed by atoms with van der Waals surface area (Å²) in [6.07, 6.45) is 4.56. The zero-order chi connectivity index (χ0) is 32.8. The SMILES string of the molecule is CC.CC.CC1CCOC1=O.CC1COC(C)(C)OC1c1ccccc1.CO.O=S1(=O)CCCC1.O=S1(=O)CCCC1. The molecule has 4 heterocycles. The van der Waals surface area contributed by atoms with Gasteiger partial charge in [0, 0.05) is 13.0 Å².